The van der Waals surface area contributed by atoms with Crippen molar-refractivity contribution in [3.05, 3.63) is 33.7 Å². The van der Waals surface area contributed by atoms with Gasteiger partial charge in [-0.2, -0.15) is 0 Å². The minimum atomic E-state index is -0.0300. The van der Waals surface area contributed by atoms with Crippen LogP contribution >= 0.6 is 11.3 Å². The van der Waals surface area contributed by atoms with Gasteiger partial charge >= 0.3 is 0 Å². The molecule has 5 atom stereocenters. The molecule has 0 saturated carbocycles. The summed E-state index contributed by atoms with van der Waals surface area (Å²) in [6.45, 7) is 9.78. The van der Waals surface area contributed by atoms with Gasteiger partial charge in [-0.3, -0.25) is 23.7 Å². The molecule has 3 fully saturated rings. The lowest BCUT2D eigenvalue weighted by atomic mass is 9.77. The first-order valence-corrected chi connectivity index (χ1v) is 14.9. The van der Waals surface area contributed by atoms with Crippen molar-refractivity contribution >= 4 is 28.1 Å². The summed E-state index contributed by atoms with van der Waals surface area (Å²) in [4.78, 5) is 48.9. The third-order valence-corrected chi connectivity index (χ3v) is 9.41. The third-order valence-electron chi connectivity index (χ3n) is 8.66. The maximum absolute atomic E-state index is 13.6. The monoisotopic (exact) mass is 527 g/mol. The van der Waals surface area contributed by atoms with Crippen molar-refractivity contribution in [3.8, 4) is 0 Å². The zero-order valence-corrected chi connectivity index (χ0v) is 23.2. The van der Waals surface area contributed by atoms with E-state index in [0.717, 1.165) is 62.4 Å². The largest absolute Gasteiger partial charge is 0.353 e. The number of thiazole rings is 1. The minimum Gasteiger partial charge on any atom is -0.353 e. The molecule has 0 aliphatic carbocycles. The number of amides is 2. The van der Waals surface area contributed by atoms with Crippen LogP contribution in [0, 0.1) is 23.7 Å². The molecule has 1 N–H and O–H groups in total. The molecule has 2 aromatic heterocycles. The van der Waals surface area contributed by atoms with Crippen LogP contribution in [0.4, 0.5) is 0 Å². The lowest BCUT2D eigenvalue weighted by Gasteiger charge is -2.51. The number of hydrogen-bond donors (Lipinski definition) is 1. The van der Waals surface area contributed by atoms with Crippen molar-refractivity contribution in [1.29, 1.82) is 0 Å². The van der Waals surface area contributed by atoms with Crippen molar-refractivity contribution < 1.29 is 9.59 Å². The number of hydrogen-bond acceptors (Lipinski definition) is 6. The van der Waals surface area contributed by atoms with Crippen molar-refractivity contribution in [2.45, 2.75) is 84.3 Å². The minimum absolute atomic E-state index is 0.0300. The van der Waals surface area contributed by atoms with Crippen LogP contribution in [0.15, 0.2) is 22.4 Å². The Morgan fingerprint density at radius 2 is 1.97 bits per heavy atom. The summed E-state index contributed by atoms with van der Waals surface area (Å²) >= 11 is 1.48. The average Bonchev–Trinajstić information content (AvgIpc) is 3.31. The van der Waals surface area contributed by atoms with E-state index in [-0.39, 0.29) is 29.5 Å². The molecule has 8 nitrogen and oxygen atoms in total. The summed E-state index contributed by atoms with van der Waals surface area (Å²) in [5, 5.41) is 5.16. The van der Waals surface area contributed by atoms with Gasteiger partial charge in [0.2, 0.25) is 11.8 Å². The molecule has 0 unspecified atom stereocenters. The van der Waals surface area contributed by atoms with Crippen LogP contribution in [0.3, 0.4) is 0 Å². The number of fused-ring (bicyclic) bond motifs is 5. The summed E-state index contributed by atoms with van der Waals surface area (Å²) in [6, 6.07) is 2.01. The second-order valence-corrected chi connectivity index (χ2v) is 12.9. The molecule has 9 heteroatoms. The molecule has 2 bridgehead atoms. The van der Waals surface area contributed by atoms with E-state index < -0.39 is 0 Å². The SMILES string of the molecule is CC(C)[C@@H]1CC[C@@H](C)CC(=O)N2C[C@H]3C[C@@H](CN(Cc4cc(=O)n5ccsc5n4)C3)[C@@H]2CCCC(=O)N1. The molecule has 2 amide bonds. The standard InChI is InChI=1S/C28H41N5O3S/c1-18(2)23-8-7-19(3)11-26(35)33-15-20-12-21(24(33)5-4-6-25(34)30-23)16-31(14-20)17-22-13-27(36)32-9-10-37-28(32)29-22/h9-10,13,18-21,23-24H,4-8,11-12,14-17H2,1-3H3,(H,30,34)/t19-,20+,21+,23+,24+/m1/s1. The predicted molar refractivity (Wildman–Crippen MR) is 145 cm³/mol. The topological polar surface area (TPSA) is 87.0 Å². The maximum Gasteiger partial charge on any atom is 0.258 e. The Morgan fingerprint density at radius 1 is 1.14 bits per heavy atom. The lowest BCUT2D eigenvalue weighted by molar-refractivity contribution is -0.142. The second kappa shape index (κ2) is 11.2. The molecule has 2 aromatic rings. The van der Waals surface area contributed by atoms with E-state index in [1.54, 1.807) is 16.7 Å². The van der Waals surface area contributed by atoms with E-state index in [2.05, 4.69) is 35.9 Å². The summed E-state index contributed by atoms with van der Waals surface area (Å²) in [6.07, 6.45) is 7.56. The Hall–Kier alpha value is -2.26. The number of aromatic nitrogens is 2. The molecule has 0 aromatic carbocycles. The first-order chi connectivity index (χ1) is 17.8. The van der Waals surface area contributed by atoms with Gasteiger partial charge in [-0.25, -0.2) is 4.98 Å². The van der Waals surface area contributed by atoms with Gasteiger partial charge in [0.05, 0.1) is 5.69 Å². The van der Waals surface area contributed by atoms with Crippen LogP contribution < -0.4 is 10.9 Å². The highest BCUT2D eigenvalue weighted by atomic mass is 32.1. The van der Waals surface area contributed by atoms with Gasteiger partial charge in [0.25, 0.3) is 5.56 Å². The van der Waals surface area contributed by atoms with Gasteiger partial charge in [0, 0.05) is 68.7 Å². The quantitative estimate of drug-likeness (QED) is 0.660. The van der Waals surface area contributed by atoms with Gasteiger partial charge in [-0.1, -0.05) is 20.8 Å². The Kier molecular flexibility index (Phi) is 8.00. The number of piperidine rings is 2. The number of carbonyl (C=O) groups is 2. The number of likely N-dealkylation sites (tertiary alicyclic amines) is 1. The fourth-order valence-corrected chi connectivity index (χ4v) is 7.48. The zero-order valence-electron chi connectivity index (χ0n) is 22.4. The third kappa shape index (κ3) is 6.08. The summed E-state index contributed by atoms with van der Waals surface area (Å²) in [5.74, 6) is 1.95. The van der Waals surface area contributed by atoms with Crippen molar-refractivity contribution in [2.24, 2.45) is 23.7 Å². The first-order valence-electron chi connectivity index (χ1n) is 14.0. The molecule has 3 saturated heterocycles. The van der Waals surface area contributed by atoms with Gasteiger partial charge in [-0.05, 0) is 55.8 Å². The molecule has 3 aliphatic rings. The fourth-order valence-electron chi connectivity index (χ4n) is 6.74. The number of rotatable bonds is 3. The Labute approximate surface area is 223 Å². The molecular weight excluding hydrogens is 486 g/mol. The lowest BCUT2D eigenvalue weighted by Crippen LogP contribution is -2.59. The zero-order chi connectivity index (χ0) is 26.1. The molecule has 37 heavy (non-hydrogen) atoms. The van der Waals surface area contributed by atoms with Gasteiger partial charge in [-0.15, -0.1) is 11.3 Å². The number of nitrogens with one attached hydrogen (secondary N) is 1. The number of nitrogens with zero attached hydrogens (tertiary/aromatic N) is 4. The van der Waals surface area contributed by atoms with E-state index in [1.165, 1.54) is 11.3 Å². The summed E-state index contributed by atoms with van der Waals surface area (Å²) in [7, 11) is 0. The van der Waals surface area contributed by atoms with E-state index in [4.69, 9.17) is 4.98 Å². The van der Waals surface area contributed by atoms with Crippen LogP contribution in [0.1, 0.15) is 71.4 Å². The normalized spacial score (nSPS) is 30.4. The molecule has 202 valence electrons. The summed E-state index contributed by atoms with van der Waals surface area (Å²) < 4.78 is 1.59. The van der Waals surface area contributed by atoms with Gasteiger partial charge in [0.1, 0.15) is 0 Å². The van der Waals surface area contributed by atoms with Crippen LogP contribution in [-0.4, -0.2) is 62.7 Å². The van der Waals surface area contributed by atoms with Gasteiger partial charge in [0.15, 0.2) is 4.96 Å². The predicted octanol–water partition coefficient (Wildman–Crippen LogP) is 3.54. The first kappa shape index (κ1) is 26.4. The Balaban J connectivity index is 1.31. The average molecular weight is 528 g/mol. The van der Waals surface area contributed by atoms with E-state index in [1.807, 2.05) is 5.38 Å². The fraction of sp³-hybridized carbons (Fsp3) is 0.714. The van der Waals surface area contributed by atoms with Crippen molar-refractivity contribution in [1.82, 2.24) is 24.5 Å². The van der Waals surface area contributed by atoms with Crippen LogP contribution in [0.5, 0.6) is 0 Å². The number of carbonyl (C=O) groups excluding carboxylic acids is 2. The van der Waals surface area contributed by atoms with E-state index in [9.17, 15) is 14.4 Å². The van der Waals surface area contributed by atoms with Crippen LogP contribution in [0.25, 0.3) is 4.96 Å². The smallest absolute Gasteiger partial charge is 0.258 e. The van der Waals surface area contributed by atoms with E-state index in [0.29, 0.717) is 43.1 Å². The highest BCUT2D eigenvalue weighted by Crippen LogP contribution is 2.37. The van der Waals surface area contributed by atoms with Crippen molar-refractivity contribution in [2.75, 3.05) is 19.6 Å². The molecule has 0 spiro atoms. The van der Waals surface area contributed by atoms with Crippen LogP contribution in [-0.2, 0) is 16.1 Å². The molecule has 5 rings (SSSR count). The molecule has 5 heterocycles. The molecule has 3 aliphatic heterocycles. The maximum atomic E-state index is 13.6. The Bertz CT molecular complexity index is 1180. The van der Waals surface area contributed by atoms with Crippen molar-refractivity contribution in [3.63, 3.8) is 0 Å². The Morgan fingerprint density at radius 3 is 2.78 bits per heavy atom. The highest BCUT2D eigenvalue weighted by molar-refractivity contribution is 7.15. The molecular formula is C28H41N5O3S. The highest BCUT2D eigenvalue weighted by Gasteiger charge is 2.42. The molecule has 0 radical (unpaired) electrons. The van der Waals surface area contributed by atoms with Gasteiger partial charge < -0.3 is 10.2 Å². The van der Waals surface area contributed by atoms with Crippen LogP contribution in [0.2, 0.25) is 0 Å². The second-order valence-electron chi connectivity index (χ2n) is 12.0. The summed E-state index contributed by atoms with van der Waals surface area (Å²) in [5.41, 5.74) is 0.790. The van der Waals surface area contributed by atoms with E-state index >= 15 is 0 Å².